The molecule has 134 valence electrons. The lowest BCUT2D eigenvalue weighted by molar-refractivity contribution is 0.102. The van der Waals surface area contributed by atoms with E-state index in [0.29, 0.717) is 22.0 Å². The molecule has 0 fully saturated rings. The number of halogens is 1. The summed E-state index contributed by atoms with van der Waals surface area (Å²) in [6.07, 6.45) is 0. The van der Waals surface area contributed by atoms with Gasteiger partial charge < -0.3 is 4.57 Å². The summed E-state index contributed by atoms with van der Waals surface area (Å²) in [7, 11) is 0. The van der Waals surface area contributed by atoms with Crippen molar-refractivity contribution in [1.29, 1.82) is 0 Å². The first-order valence-corrected chi connectivity index (χ1v) is 10.0. The van der Waals surface area contributed by atoms with Crippen molar-refractivity contribution in [3.8, 4) is 0 Å². The maximum absolute atomic E-state index is 12.9. The molecule has 1 aromatic heterocycles. The van der Waals surface area contributed by atoms with E-state index in [0.717, 1.165) is 28.4 Å². The predicted octanol–water partition coefficient (Wildman–Crippen LogP) is 5.62. The fourth-order valence-electron chi connectivity index (χ4n) is 3.59. The normalized spacial score (nSPS) is 11.2. The van der Waals surface area contributed by atoms with Gasteiger partial charge >= 0.3 is 0 Å². The molecule has 4 heteroatoms. The lowest BCUT2D eigenvalue weighted by Gasteiger charge is -2.04. The highest BCUT2D eigenvalue weighted by molar-refractivity contribution is 9.09. The SMILES string of the molecule is CCn1c2ccc(C(=O)CBr)cc2c2cc(C(=O)c3ccccc3)ccc21. The first-order chi connectivity index (χ1) is 13.1. The van der Waals surface area contributed by atoms with Crippen molar-refractivity contribution in [2.24, 2.45) is 0 Å². The topological polar surface area (TPSA) is 39.1 Å². The number of hydrogen-bond donors (Lipinski definition) is 0. The molecule has 0 N–H and O–H groups in total. The second kappa shape index (κ2) is 7.12. The van der Waals surface area contributed by atoms with E-state index in [-0.39, 0.29) is 11.6 Å². The number of nitrogens with zero attached hydrogens (tertiary/aromatic N) is 1. The second-order valence-corrected chi connectivity index (χ2v) is 7.02. The number of Topliss-reactive ketones (excluding diaryl/α,β-unsaturated/α-hetero) is 1. The van der Waals surface area contributed by atoms with Crippen LogP contribution in [0.1, 0.15) is 33.2 Å². The lowest BCUT2D eigenvalue weighted by atomic mass is 10.0. The molecule has 3 aromatic carbocycles. The average Bonchev–Trinajstić information content (AvgIpc) is 3.05. The van der Waals surface area contributed by atoms with Gasteiger partial charge in [0.1, 0.15) is 0 Å². The maximum Gasteiger partial charge on any atom is 0.193 e. The summed E-state index contributed by atoms with van der Waals surface area (Å²) in [5, 5.41) is 2.29. The van der Waals surface area contributed by atoms with Gasteiger partial charge in [0.15, 0.2) is 11.6 Å². The lowest BCUT2D eigenvalue weighted by Crippen LogP contribution is -2.01. The van der Waals surface area contributed by atoms with Crippen LogP contribution in [0, 0.1) is 0 Å². The highest BCUT2D eigenvalue weighted by Crippen LogP contribution is 2.31. The van der Waals surface area contributed by atoms with E-state index in [4.69, 9.17) is 0 Å². The van der Waals surface area contributed by atoms with Crippen LogP contribution in [0.4, 0.5) is 0 Å². The van der Waals surface area contributed by atoms with Crippen molar-refractivity contribution in [2.75, 3.05) is 5.33 Å². The van der Waals surface area contributed by atoms with Crippen molar-refractivity contribution >= 4 is 49.3 Å². The number of aromatic nitrogens is 1. The first kappa shape index (κ1) is 17.7. The maximum atomic E-state index is 12.9. The van der Waals surface area contributed by atoms with Crippen LogP contribution < -0.4 is 0 Å². The minimum absolute atomic E-state index is 0.00240. The van der Waals surface area contributed by atoms with Crippen LogP contribution in [0.25, 0.3) is 21.8 Å². The van der Waals surface area contributed by atoms with Crippen molar-refractivity contribution in [3.63, 3.8) is 0 Å². The molecular weight excluding hydrogens is 402 g/mol. The number of carbonyl (C=O) groups excluding carboxylic acids is 2. The van der Waals surface area contributed by atoms with Gasteiger partial charge in [0.25, 0.3) is 0 Å². The van der Waals surface area contributed by atoms with Gasteiger partial charge in [-0.1, -0.05) is 46.3 Å². The third-order valence-electron chi connectivity index (χ3n) is 4.92. The number of ketones is 2. The van der Waals surface area contributed by atoms with Crippen LogP contribution >= 0.6 is 15.9 Å². The Labute approximate surface area is 165 Å². The highest BCUT2D eigenvalue weighted by Gasteiger charge is 2.15. The molecule has 0 spiro atoms. The van der Waals surface area contributed by atoms with Gasteiger partial charge in [0, 0.05) is 45.0 Å². The molecule has 0 atom stereocenters. The summed E-state index contributed by atoms with van der Waals surface area (Å²) in [6.45, 7) is 2.91. The number of rotatable bonds is 5. The summed E-state index contributed by atoms with van der Waals surface area (Å²) < 4.78 is 2.21. The largest absolute Gasteiger partial charge is 0.341 e. The van der Waals surface area contributed by atoms with Crippen LogP contribution in [0.3, 0.4) is 0 Å². The fourth-order valence-corrected chi connectivity index (χ4v) is 3.92. The molecule has 0 amide bonds. The van der Waals surface area contributed by atoms with E-state index in [1.54, 1.807) is 0 Å². The molecule has 0 aliphatic carbocycles. The Morgan fingerprint density at radius 3 is 2.00 bits per heavy atom. The highest BCUT2D eigenvalue weighted by atomic mass is 79.9. The van der Waals surface area contributed by atoms with Crippen LogP contribution in [-0.2, 0) is 6.54 Å². The number of carbonyl (C=O) groups is 2. The van der Waals surface area contributed by atoms with E-state index in [1.807, 2.05) is 66.7 Å². The van der Waals surface area contributed by atoms with Crippen LogP contribution in [0.2, 0.25) is 0 Å². The van der Waals surface area contributed by atoms with Gasteiger partial charge in [0.05, 0.1) is 5.33 Å². The van der Waals surface area contributed by atoms with Crippen LogP contribution in [0.5, 0.6) is 0 Å². The van der Waals surface area contributed by atoms with Crippen molar-refractivity contribution in [1.82, 2.24) is 4.57 Å². The van der Waals surface area contributed by atoms with E-state index >= 15 is 0 Å². The Kier molecular flexibility index (Phi) is 4.66. The Morgan fingerprint density at radius 2 is 1.41 bits per heavy atom. The summed E-state index contributed by atoms with van der Waals surface area (Å²) in [5.41, 5.74) is 4.14. The van der Waals surface area contributed by atoms with Crippen LogP contribution in [-0.4, -0.2) is 21.5 Å². The van der Waals surface area contributed by atoms with Gasteiger partial charge in [0.2, 0.25) is 0 Å². The molecule has 0 aliphatic rings. The monoisotopic (exact) mass is 419 g/mol. The molecule has 0 saturated heterocycles. The summed E-state index contributed by atoms with van der Waals surface area (Å²) >= 11 is 3.24. The van der Waals surface area contributed by atoms with Gasteiger partial charge in [-0.15, -0.1) is 0 Å². The Balaban J connectivity index is 1.94. The third-order valence-corrected chi connectivity index (χ3v) is 5.43. The fraction of sp³-hybridized carbons (Fsp3) is 0.130. The van der Waals surface area contributed by atoms with Crippen molar-refractivity contribution in [2.45, 2.75) is 13.5 Å². The van der Waals surface area contributed by atoms with E-state index < -0.39 is 0 Å². The number of hydrogen-bond acceptors (Lipinski definition) is 2. The Bertz CT molecular complexity index is 1180. The molecular formula is C23H18BrNO2. The molecule has 1 heterocycles. The molecule has 0 unspecified atom stereocenters. The van der Waals surface area contributed by atoms with Gasteiger partial charge in [-0.25, -0.2) is 0 Å². The van der Waals surface area contributed by atoms with Crippen molar-refractivity contribution < 1.29 is 9.59 Å². The first-order valence-electron chi connectivity index (χ1n) is 8.89. The molecule has 4 aromatic rings. The van der Waals surface area contributed by atoms with E-state index in [2.05, 4.69) is 27.4 Å². The standard InChI is InChI=1S/C23H18BrNO2/c1-2-25-20-10-8-16(22(26)14-24)12-18(20)19-13-17(9-11-21(19)25)23(27)15-6-4-3-5-7-15/h3-13H,2,14H2,1H3. The average molecular weight is 420 g/mol. The zero-order valence-electron chi connectivity index (χ0n) is 14.9. The molecule has 3 nitrogen and oxygen atoms in total. The Morgan fingerprint density at radius 1 is 0.815 bits per heavy atom. The number of alkyl halides is 1. The summed E-state index contributed by atoms with van der Waals surface area (Å²) in [5.74, 6) is 0.0494. The number of fused-ring (bicyclic) bond motifs is 3. The zero-order valence-corrected chi connectivity index (χ0v) is 16.5. The van der Waals surface area contributed by atoms with E-state index in [9.17, 15) is 9.59 Å². The molecule has 0 radical (unpaired) electrons. The second-order valence-electron chi connectivity index (χ2n) is 6.46. The number of benzene rings is 3. The zero-order chi connectivity index (χ0) is 19.0. The molecule has 27 heavy (non-hydrogen) atoms. The van der Waals surface area contributed by atoms with E-state index in [1.165, 1.54) is 0 Å². The Hall–Kier alpha value is -2.72. The smallest absolute Gasteiger partial charge is 0.193 e. The summed E-state index contributed by atoms with van der Waals surface area (Å²) in [4.78, 5) is 25.0. The molecule has 0 aliphatic heterocycles. The summed E-state index contributed by atoms with van der Waals surface area (Å²) in [6, 6.07) is 20.9. The van der Waals surface area contributed by atoms with Gasteiger partial charge in [-0.3, -0.25) is 9.59 Å². The minimum Gasteiger partial charge on any atom is -0.341 e. The third kappa shape index (κ3) is 3.00. The van der Waals surface area contributed by atoms with Crippen molar-refractivity contribution in [3.05, 3.63) is 83.4 Å². The number of aryl methyl sites for hydroxylation is 1. The molecule has 0 bridgehead atoms. The predicted molar refractivity (Wildman–Crippen MR) is 113 cm³/mol. The van der Waals surface area contributed by atoms with Gasteiger partial charge in [-0.2, -0.15) is 0 Å². The van der Waals surface area contributed by atoms with Crippen LogP contribution in [0.15, 0.2) is 66.7 Å². The van der Waals surface area contributed by atoms with Gasteiger partial charge in [-0.05, 0) is 43.3 Å². The molecule has 4 rings (SSSR count). The minimum atomic E-state index is 0.00240. The quantitative estimate of drug-likeness (QED) is 0.310. The molecule has 0 saturated carbocycles.